The molecule has 0 aromatic heterocycles. The van der Waals surface area contributed by atoms with Gasteiger partial charge in [0, 0.05) is 12.1 Å². The van der Waals surface area contributed by atoms with Crippen molar-refractivity contribution < 1.29 is 19.2 Å². The van der Waals surface area contributed by atoms with Crippen LogP contribution in [0.4, 0.5) is 5.69 Å². The minimum atomic E-state index is -0.952. The van der Waals surface area contributed by atoms with Crippen molar-refractivity contribution in [3.8, 4) is 0 Å². The Morgan fingerprint density at radius 3 is 2.60 bits per heavy atom. The number of rotatable bonds is 4. The minimum Gasteiger partial charge on any atom is -0.375 e. The van der Waals surface area contributed by atoms with Gasteiger partial charge >= 0.3 is 0 Å². The fraction of sp³-hybridized carbons (Fsp3) is 0.333. The summed E-state index contributed by atoms with van der Waals surface area (Å²) in [7, 11) is 0. The Hall–Kier alpha value is -2.96. The number of piperidine rings is 1. The van der Waals surface area contributed by atoms with Crippen molar-refractivity contribution in [2.24, 2.45) is 0 Å². The van der Waals surface area contributed by atoms with E-state index in [-0.39, 0.29) is 35.4 Å². The van der Waals surface area contributed by atoms with Crippen LogP contribution < -0.4 is 10.6 Å². The van der Waals surface area contributed by atoms with Crippen molar-refractivity contribution in [3.63, 3.8) is 0 Å². The molecule has 0 spiro atoms. The molecule has 25 heavy (non-hydrogen) atoms. The van der Waals surface area contributed by atoms with Crippen molar-refractivity contribution in [1.82, 2.24) is 10.2 Å². The first kappa shape index (κ1) is 15.6. The molecule has 2 fully saturated rings. The molecular weight excluding hydrogens is 322 g/mol. The normalized spacial score (nSPS) is 24.0. The van der Waals surface area contributed by atoms with Gasteiger partial charge in [-0.2, -0.15) is 0 Å². The molecule has 1 saturated heterocycles. The third kappa shape index (κ3) is 2.34. The number of amides is 4. The second kappa shape index (κ2) is 5.27. The van der Waals surface area contributed by atoms with Gasteiger partial charge in [-0.3, -0.25) is 29.4 Å². The first-order chi connectivity index (χ1) is 12.0. The number of nitrogens with zero attached hydrogens (tertiary/aromatic N) is 1. The zero-order valence-corrected chi connectivity index (χ0v) is 13.5. The summed E-state index contributed by atoms with van der Waals surface area (Å²) >= 11 is 0. The van der Waals surface area contributed by atoms with Crippen LogP contribution in [0.15, 0.2) is 30.9 Å². The maximum atomic E-state index is 12.9. The molecule has 1 aromatic carbocycles. The molecular formula is C18H17N3O4. The van der Waals surface area contributed by atoms with Crippen LogP contribution in [0.3, 0.4) is 0 Å². The van der Waals surface area contributed by atoms with Gasteiger partial charge in [-0.1, -0.05) is 12.1 Å². The number of imide groups is 2. The fourth-order valence-electron chi connectivity index (χ4n) is 3.40. The van der Waals surface area contributed by atoms with E-state index in [1.54, 1.807) is 18.2 Å². The summed E-state index contributed by atoms with van der Waals surface area (Å²) in [6.07, 6.45) is 3.90. The number of fused-ring (bicyclic) bond motifs is 1. The van der Waals surface area contributed by atoms with E-state index in [1.165, 1.54) is 0 Å². The van der Waals surface area contributed by atoms with Crippen LogP contribution in [0.5, 0.6) is 0 Å². The molecule has 2 N–H and O–H groups in total. The first-order valence-corrected chi connectivity index (χ1v) is 8.22. The van der Waals surface area contributed by atoms with E-state index in [4.69, 9.17) is 0 Å². The average molecular weight is 339 g/mol. The maximum Gasteiger partial charge on any atom is 0.264 e. The molecule has 1 aromatic rings. The molecule has 128 valence electrons. The third-order valence-electron chi connectivity index (χ3n) is 5.03. The van der Waals surface area contributed by atoms with E-state index < -0.39 is 23.8 Å². The highest BCUT2D eigenvalue weighted by Crippen LogP contribution is 2.42. The molecule has 7 nitrogen and oxygen atoms in total. The lowest BCUT2D eigenvalue weighted by Crippen LogP contribution is -2.54. The number of anilines is 1. The van der Waals surface area contributed by atoms with Crippen LogP contribution in [0.2, 0.25) is 0 Å². The van der Waals surface area contributed by atoms with Crippen molar-refractivity contribution in [3.05, 3.63) is 42.0 Å². The monoisotopic (exact) mass is 339 g/mol. The van der Waals surface area contributed by atoms with Crippen LogP contribution in [-0.2, 0) is 9.59 Å². The highest BCUT2D eigenvalue weighted by atomic mass is 16.2. The Morgan fingerprint density at radius 2 is 1.96 bits per heavy atom. The number of carbonyl (C=O) groups excluding carboxylic acids is 4. The van der Waals surface area contributed by atoms with Crippen LogP contribution >= 0.6 is 0 Å². The Kier molecular flexibility index (Phi) is 3.28. The van der Waals surface area contributed by atoms with Crippen molar-refractivity contribution >= 4 is 29.3 Å². The summed E-state index contributed by atoms with van der Waals surface area (Å²) in [5.41, 5.74) is 0.897. The molecule has 2 heterocycles. The lowest BCUT2D eigenvalue weighted by molar-refractivity contribution is -0.136. The van der Waals surface area contributed by atoms with Gasteiger partial charge in [0.25, 0.3) is 11.8 Å². The summed E-state index contributed by atoms with van der Waals surface area (Å²) in [6.45, 7) is 3.81. The van der Waals surface area contributed by atoms with E-state index >= 15 is 0 Å². The Bertz CT molecular complexity index is 841. The predicted octanol–water partition coefficient (Wildman–Crippen LogP) is 1.22. The number of carbonyl (C=O) groups is 4. The van der Waals surface area contributed by atoms with Gasteiger partial charge in [-0.25, -0.2) is 0 Å². The average Bonchev–Trinajstić information content (AvgIpc) is 3.31. The Morgan fingerprint density at radius 1 is 1.20 bits per heavy atom. The molecule has 7 heteroatoms. The highest BCUT2D eigenvalue weighted by molar-refractivity contribution is 6.25. The zero-order chi connectivity index (χ0) is 17.8. The molecule has 1 saturated carbocycles. The number of nitrogens with one attached hydrogen (secondary N) is 2. The molecule has 4 rings (SSSR count). The van der Waals surface area contributed by atoms with Gasteiger partial charge in [-0.15, -0.1) is 6.58 Å². The Labute approximate surface area is 144 Å². The summed E-state index contributed by atoms with van der Waals surface area (Å²) in [5.74, 6) is -1.99. The van der Waals surface area contributed by atoms with Gasteiger partial charge in [0.15, 0.2) is 0 Å². The molecule has 1 unspecified atom stereocenters. The number of hydrogen-bond acceptors (Lipinski definition) is 5. The van der Waals surface area contributed by atoms with Crippen LogP contribution in [0.1, 0.15) is 46.4 Å². The predicted molar refractivity (Wildman–Crippen MR) is 88.9 cm³/mol. The van der Waals surface area contributed by atoms with Gasteiger partial charge in [-0.05, 0) is 31.4 Å². The standard InChI is InChI=1S/C18H17N3O4/c1-2-18(8-9-18)20-11-5-3-4-10-14(11)17(25)21(16(10)24)12-6-7-13(22)19-15(12)23/h2-5,12,20H,1,6-9H2,(H,19,22,23). The summed E-state index contributed by atoms with van der Waals surface area (Å²) in [5, 5.41) is 5.49. The molecule has 2 aliphatic heterocycles. The van der Waals surface area contributed by atoms with Crippen LogP contribution in [-0.4, -0.2) is 40.1 Å². The van der Waals surface area contributed by atoms with Crippen molar-refractivity contribution in [2.45, 2.75) is 37.3 Å². The van der Waals surface area contributed by atoms with Gasteiger partial charge in [0.05, 0.1) is 16.7 Å². The Balaban J connectivity index is 1.69. The van der Waals surface area contributed by atoms with E-state index in [2.05, 4.69) is 17.2 Å². The van der Waals surface area contributed by atoms with Gasteiger partial charge in [0.1, 0.15) is 6.04 Å². The topological polar surface area (TPSA) is 95.6 Å². The molecule has 1 atom stereocenters. The maximum absolute atomic E-state index is 12.9. The van der Waals surface area contributed by atoms with Crippen molar-refractivity contribution in [2.75, 3.05) is 5.32 Å². The number of hydrogen-bond donors (Lipinski definition) is 2. The van der Waals surface area contributed by atoms with E-state index in [9.17, 15) is 19.2 Å². The smallest absolute Gasteiger partial charge is 0.264 e. The largest absolute Gasteiger partial charge is 0.375 e. The SMILES string of the molecule is C=CC1(Nc2cccc3c2C(=O)N(C2CCC(=O)NC2=O)C3=O)CC1. The minimum absolute atomic E-state index is 0.106. The quantitative estimate of drug-likeness (QED) is 0.635. The molecule has 0 radical (unpaired) electrons. The molecule has 3 aliphatic rings. The molecule has 1 aliphatic carbocycles. The lowest BCUT2D eigenvalue weighted by atomic mass is 10.0. The lowest BCUT2D eigenvalue weighted by Gasteiger charge is -2.28. The van der Waals surface area contributed by atoms with E-state index in [0.717, 1.165) is 17.7 Å². The van der Waals surface area contributed by atoms with E-state index in [0.29, 0.717) is 5.69 Å². The van der Waals surface area contributed by atoms with Gasteiger partial charge in [0.2, 0.25) is 11.8 Å². The second-order valence-electron chi connectivity index (χ2n) is 6.66. The fourth-order valence-corrected chi connectivity index (χ4v) is 3.40. The highest BCUT2D eigenvalue weighted by Gasteiger charge is 2.47. The van der Waals surface area contributed by atoms with Crippen LogP contribution in [0, 0.1) is 0 Å². The zero-order valence-electron chi connectivity index (χ0n) is 13.5. The van der Waals surface area contributed by atoms with Gasteiger partial charge < -0.3 is 5.32 Å². The summed E-state index contributed by atoms with van der Waals surface area (Å²) in [4.78, 5) is 50.1. The molecule has 0 bridgehead atoms. The van der Waals surface area contributed by atoms with Crippen LogP contribution in [0.25, 0.3) is 0 Å². The van der Waals surface area contributed by atoms with E-state index in [1.807, 2.05) is 6.08 Å². The third-order valence-corrected chi connectivity index (χ3v) is 5.03. The number of benzene rings is 1. The summed E-state index contributed by atoms with van der Waals surface area (Å²) < 4.78 is 0. The first-order valence-electron chi connectivity index (χ1n) is 8.22. The van der Waals surface area contributed by atoms with Crippen molar-refractivity contribution in [1.29, 1.82) is 0 Å². The molecule has 4 amide bonds. The summed E-state index contributed by atoms with van der Waals surface area (Å²) in [6, 6.07) is 4.09. The second-order valence-corrected chi connectivity index (χ2v) is 6.66.